The molecule has 1 N–H and O–H groups in total. The van der Waals surface area contributed by atoms with E-state index in [9.17, 15) is 18.0 Å². The average Bonchev–Trinajstić information content (AvgIpc) is 2.78. The van der Waals surface area contributed by atoms with Gasteiger partial charge >= 0.3 is 5.97 Å². The van der Waals surface area contributed by atoms with Gasteiger partial charge in [0.15, 0.2) is 6.10 Å². The number of hydrogen-bond acceptors (Lipinski definition) is 6. The van der Waals surface area contributed by atoms with E-state index in [2.05, 4.69) is 16.5 Å². The van der Waals surface area contributed by atoms with Crippen LogP contribution in [0.15, 0.2) is 53.4 Å². The van der Waals surface area contributed by atoms with Crippen molar-refractivity contribution in [2.45, 2.75) is 24.8 Å². The van der Waals surface area contributed by atoms with E-state index in [-0.39, 0.29) is 16.4 Å². The zero-order chi connectivity index (χ0) is 23.3. The highest BCUT2D eigenvalue weighted by Gasteiger charge is 2.27. The quantitative estimate of drug-likeness (QED) is 0.613. The first-order valence-electron chi connectivity index (χ1n) is 10.3. The second-order valence-electron chi connectivity index (χ2n) is 7.45. The van der Waals surface area contributed by atoms with Crippen molar-refractivity contribution in [3.63, 3.8) is 0 Å². The Hall–Kier alpha value is -2.62. The number of amides is 1. The van der Waals surface area contributed by atoms with Crippen molar-refractivity contribution >= 4 is 39.2 Å². The Bertz CT molecular complexity index is 1080. The predicted octanol–water partition coefficient (Wildman–Crippen LogP) is 2.85. The first-order valence-corrected chi connectivity index (χ1v) is 12.2. The van der Waals surface area contributed by atoms with E-state index in [1.807, 2.05) is 0 Å². The average molecular weight is 480 g/mol. The summed E-state index contributed by atoms with van der Waals surface area (Å²) in [6.07, 6.45) is -0.972. The van der Waals surface area contributed by atoms with Gasteiger partial charge in [-0.2, -0.15) is 0 Å². The molecule has 1 unspecified atom stereocenters. The zero-order valence-electron chi connectivity index (χ0n) is 18.0. The Morgan fingerprint density at radius 3 is 2.44 bits per heavy atom. The fraction of sp³-hybridized carbons (Fsp3) is 0.364. The Morgan fingerprint density at radius 1 is 1.09 bits per heavy atom. The van der Waals surface area contributed by atoms with Crippen LogP contribution in [-0.2, 0) is 19.6 Å². The molecule has 1 aliphatic heterocycles. The van der Waals surface area contributed by atoms with Crippen molar-refractivity contribution in [1.82, 2.24) is 9.80 Å². The maximum absolute atomic E-state index is 12.7. The van der Waals surface area contributed by atoms with Crippen LogP contribution in [0.2, 0.25) is 5.02 Å². The molecule has 172 valence electrons. The summed E-state index contributed by atoms with van der Waals surface area (Å²) in [7, 11) is -3.95. The molecule has 32 heavy (non-hydrogen) atoms. The van der Waals surface area contributed by atoms with Crippen LogP contribution in [-0.4, -0.2) is 68.9 Å². The minimum atomic E-state index is -3.95. The molecule has 0 bridgehead atoms. The summed E-state index contributed by atoms with van der Waals surface area (Å²) < 4.78 is 33.2. The van der Waals surface area contributed by atoms with Gasteiger partial charge < -0.3 is 14.5 Å². The number of nitrogens with one attached hydrogen (secondary N) is 1. The molecule has 0 aliphatic carbocycles. The number of nitrogens with zero attached hydrogens (tertiary/aromatic N) is 2. The van der Waals surface area contributed by atoms with Crippen molar-refractivity contribution < 1.29 is 22.7 Å². The van der Waals surface area contributed by atoms with E-state index >= 15 is 0 Å². The molecule has 2 aromatic carbocycles. The van der Waals surface area contributed by atoms with Crippen molar-refractivity contribution in [1.29, 1.82) is 0 Å². The van der Waals surface area contributed by atoms with Crippen molar-refractivity contribution in [2.24, 2.45) is 0 Å². The fourth-order valence-electron chi connectivity index (χ4n) is 3.38. The van der Waals surface area contributed by atoms with Gasteiger partial charge in [-0.1, -0.05) is 30.7 Å². The minimum absolute atomic E-state index is 0.0365. The zero-order valence-corrected chi connectivity index (χ0v) is 19.5. The second kappa shape index (κ2) is 10.3. The lowest BCUT2D eigenvalue weighted by molar-refractivity contribution is -0.141. The molecule has 2 aromatic rings. The number of hydrogen-bond donors (Lipinski definition) is 1. The van der Waals surface area contributed by atoms with Gasteiger partial charge in [-0.15, -0.1) is 0 Å². The number of likely N-dealkylation sites (N-methyl/N-ethyl adjacent to an activating group) is 1. The number of ether oxygens (including phenoxy) is 1. The third-order valence-corrected chi connectivity index (χ3v) is 6.83. The topological polar surface area (TPSA) is 96.0 Å². The Morgan fingerprint density at radius 2 is 1.78 bits per heavy atom. The number of carbonyl (C=O) groups is 2. The standard InChI is InChI=1S/C22H26ClN3O5S/c1-3-25-10-12-26(13-11-25)21(27)16(2)31-22(28)17-6-4-9-20(14-17)32(29,30)24-19-8-5-7-18(23)15-19/h4-9,14-16,24H,3,10-13H2,1-2H3. The molecule has 8 nitrogen and oxygen atoms in total. The van der Waals surface area contributed by atoms with Crippen LogP contribution >= 0.6 is 11.6 Å². The number of anilines is 1. The highest BCUT2D eigenvalue weighted by Crippen LogP contribution is 2.20. The summed E-state index contributed by atoms with van der Waals surface area (Å²) in [5.41, 5.74) is 0.335. The van der Waals surface area contributed by atoms with Crippen LogP contribution in [0.25, 0.3) is 0 Å². The van der Waals surface area contributed by atoms with E-state index < -0.39 is 22.1 Å². The van der Waals surface area contributed by atoms with Gasteiger partial charge in [-0.3, -0.25) is 9.52 Å². The molecule has 1 amide bonds. The van der Waals surface area contributed by atoms with Gasteiger partial charge in [0.1, 0.15) is 0 Å². The van der Waals surface area contributed by atoms with Crippen molar-refractivity contribution in [2.75, 3.05) is 37.4 Å². The third-order valence-electron chi connectivity index (χ3n) is 5.22. The molecule has 1 aliphatic rings. The molecule has 1 fully saturated rings. The summed E-state index contributed by atoms with van der Waals surface area (Å²) in [4.78, 5) is 29.0. The molecule has 10 heteroatoms. The number of carbonyl (C=O) groups excluding carboxylic acids is 2. The Labute approximate surface area is 193 Å². The molecule has 1 saturated heterocycles. The summed E-state index contributed by atoms with van der Waals surface area (Å²) in [6, 6.07) is 11.8. The summed E-state index contributed by atoms with van der Waals surface area (Å²) >= 11 is 5.90. The predicted molar refractivity (Wildman–Crippen MR) is 122 cm³/mol. The third kappa shape index (κ3) is 5.99. The molecular formula is C22H26ClN3O5S. The molecule has 0 radical (unpaired) electrons. The molecule has 0 spiro atoms. The van der Waals surface area contributed by atoms with E-state index in [1.165, 1.54) is 37.3 Å². The molecule has 0 aromatic heterocycles. The maximum Gasteiger partial charge on any atom is 0.338 e. The van der Waals surface area contributed by atoms with E-state index in [0.29, 0.717) is 23.8 Å². The number of benzene rings is 2. The van der Waals surface area contributed by atoms with Gasteiger partial charge in [0.2, 0.25) is 0 Å². The van der Waals surface area contributed by atoms with E-state index in [4.69, 9.17) is 16.3 Å². The summed E-state index contributed by atoms with van der Waals surface area (Å²) in [5.74, 6) is -1.03. The SMILES string of the molecule is CCN1CCN(C(=O)C(C)OC(=O)c2cccc(S(=O)(=O)Nc3cccc(Cl)c3)c2)CC1. The van der Waals surface area contributed by atoms with Gasteiger partial charge in [-0.05, 0) is 49.9 Å². The van der Waals surface area contributed by atoms with Crippen LogP contribution in [0.3, 0.4) is 0 Å². The molecule has 1 atom stereocenters. The van der Waals surface area contributed by atoms with Crippen LogP contribution < -0.4 is 4.72 Å². The Balaban J connectivity index is 1.66. The van der Waals surface area contributed by atoms with Crippen LogP contribution in [0.5, 0.6) is 0 Å². The number of piperazine rings is 1. The molecular weight excluding hydrogens is 454 g/mol. The number of rotatable bonds is 7. The molecule has 1 heterocycles. The monoisotopic (exact) mass is 479 g/mol. The van der Waals surface area contributed by atoms with Crippen LogP contribution in [0, 0.1) is 0 Å². The summed E-state index contributed by atoms with van der Waals surface area (Å²) in [6.45, 7) is 7.24. The first-order chi connectivity index (χ1) is 15.2. The van der Waals surface area contributed by atoms with Crippen LogP contribution in [0.1, 0.15) is 24.2 Å². The van der Waals surface area contributed by atoms with Crippen molar-refractivity contribution in [3.8, 4) is 0 Å². The Kier molecular flexibility index (Phi) is 7.76. The largest absolute Gasteiger partial charge is 0.449 e. The number of sulfonamides is 1. The van der Waals surface area contributed by atoms with Gasteiger partial charge in [0.05, 0.1) is 16.1 Å². The van der Waals surface area contributed by atoms with Gasteiger partial charge in [0, 0.05) is 31.2 Å². The normalized spacial score (nSPS) is 15.8. The lowest BCUT2D eigenvalue weighted by Crippen LogP contribution is -2.51. The highest BCUT2D eigenvalue weighted by atomic mass is 35.5. The second-order valence-corrected chi connectivity index (χ2v) is 9.57. The van der Waals surface area contributed by atoms with Crippen molar-refractivity contribution in [3.05, 3.63) is 59.1 Å². The first kappa shape index (κ1) is 24.0. The number of esters is 1. The lowest BCUT2D eigenvalue weighted by atomic mass is 10.2. The molecule has 3 rings (SSSR count). The molecule has 0 saturated carbocycles. The van der Waals surface area contributed by atoms with E-state index in [0.717, 1.165) is 19.6 Å². The maximum atomic E-state index is 12.7. The highest BCUT2D eigenvalue weighted by molar-refractivity contribution is 7.92. The lowest BCUT2D eigenvalue weighted by Gasteiger charge is -2.35. The summed E-state index contributed by atoms with van der Waals surface area (Å²) in [5, 5.41) is 0.386. The smallest absolute Gasteiger partial charge is 0.338 e. The fourth-order valence-corrected chi connectivity index (χ4v) is 4.66. The van der Waals surface area contributed by atoms with E-state index in [1.54, 1.807) is 23.1 Å². The van der Waals surface area contributed by atoms with Gasteiger partial charge in [-0.25, -0.2) is 13.2 Å². The van der Waals surface area contributed by atoms with Gasteiger partial charge in [0.25, 0.3) is 15.9 Å². The number of halogens is 1. The minimum Gasteiger partial charge on any atom is -0.449 e. The van der Waals surface area contributed by atoms with Crippen LogP contribution in [0.4, 0.5) is 5.69 Å².